The molecule has 0 aromatic heterocycles. The number of nitrogens with two attached hydrogens (primary N) is 1. The van der Waals surface area contributed by atoms with Crippen LogP contribution in [0.5, 0.6) is 0 Å². The van der Waals surface area contributed by atoms with Gasteiger partial charge in [-0.1, -0.05) is 62.4 Å². The van der Waals surface area contributed by atoms with Crippen LogP contribution < -0.4 is 11.1 Å². The number of benzene rings is 1. The van der Waals surface area contributed by atoms with Gasteiger partial charge in [0.25, 0.3) is 0 Å². The Kier molecular flexibility index (Phi) is 5.60. The first kappa shape index (κ1) is 15.0. The van der Waals surface area contributed by atoms with Gasteiger partial charge in [-0.15, -0.1) is 0 Å². The van der Waals surface area contributed by atoms with Gasteiger partial charge < -0.3 is 11.1 Å². The Hall–Kier alpha value is -1.35. The minimum absolute atomic E-state index is 0.0149. The molecule has 1 aromatic carbocycles. The van der Waals surface area contributed by atoms with Crippen molar-refractivity contribution in [3.8, 4) is 0 Å². The monoisotopic (exact) mass is 274 g/mol. The molecule has 3 nitrogen and oxygen atoms in total. The lowest BCUT2D eigenvalue weighted by molar-refractivity contribution is -0.123. The Morgan fingerprint density at radius 1 is 1.25 bits per heavy atom. The van der Waals surface area contributed by atoms with Crippen molar-refractivity contribution in [1.29, 1.82) is 0 Å². The number of hydrogen-bond acceptors (Lipinski definition) is 2. The van der Waals surface area contributed by atoms with E-state index < -0.39 is 0 Å². The van der Waals surface area contributed by atoms with Crippen molar-refractivity contribution in [1.82, 2.24) is 5.32 Å². The minimum Gasteiger partial charge on any atom is -0.348 e. The Balaban J connectivity index is 1.81. The van der Waals surface area contributed by atoms with Gasteiger partial charge in [0, 0.05) is 0 Å². The minimum atomic E-state index is -0.371. The van der Waals surface area contributed by atoms with Gasteiger partial charge in [-0.25, -0.2) is 0 Å². The first-order chi connectivity index (χ1) is 9.66. The van der Waals surface area contributed by atoms with Crippen LogP contribution in [0.15, 0.2) is 30.3 Å². The SMILES string of the molecule is C[C@@H](NC(=O)C(N)CC1CCCCC1)c1ccccc1. The Labute approximate surface area is 121 Å². The summed E-state index contributed by atoms with van der Waals surface area (Å²) in [5, 5.41) is 3.02. The van der Waals surface area contributed by atoms with Gasteiger partial charge in [0.2, 0.25) is 5.91 Å². The quantitative estimate of drug-likeness (QED) is 0.866. The van der Waals surface area contributed by atoms with E-state index in [4.69, 9.17) is 5.73 Å². The highest BCUT2D eigenvalue weighted by molar-refractivity contribution is 5.81. The van der Waals surface area contributed by atoms with Gasteiger partial charge >= 0.3 is 0 Å². The summed E-state index contributed by atoms with van der Waals surface area (Å²) in [6.07, 6.45) is 7.21. The number of amides is 1. The fourth-order valence-corrected chi connectivity index (χ4v) is 3.03. The van der Waals surface area contributed by atoms with E-state index in [2.05, 4.69) is 5.32 Å². The van der Waals surface area contributed by atoms with Crippen LogP contribution in [-0.2, 0) is 4.79 Å². The summed E-state index contributed by atoms with van der Waals surface area (Å²) in [6, 6.07) is 9.65. The van der Waals surface area contributed by atoms with E-state index in [1.165, 1.54) is 32.1 Å². The Morgan fingerprint density at radius 3 is 2.55 bits per heavy atom. The molecule has 1 aliphatic rings. The second-order valence-electron chi connectivity index (χ2n) is 5.99. The smallest absolute Gasteiger partial charge is 0.237 e. The number of rotatable bonds is 5. The first-order valence-corrected chi connectivity index (χ1v) is 7.77. The molecule has 2 atom stereocenters. The highest BCUT2D eigenvalue weighted by Gasteiger charge is 2.22. The molecule has 1 amide bonds. The summed E-state index contributed by atoms with van der Waals surface area (Å²) in [5.41, 5.74) is 7.18. The molecule has 3 N–H and O–H groups in total. The van der Waals surface area contributed by atoms with E-state index in [0.717, 1.165) is 12.0 Å². The first-order valence-electron chi connectivity index (χ1n) is 7.77. The zero-order chi connectivity index (χ0) is 14.4. The van der Waals surface area contributed by atoms with E-state index in [1.807, 2.05) is 37.3 Å². The van der Waals surface area contributed by atoms with Crippen LogP contribution in [0.3, 0.4) is 0 Å². The van der Waals surface area contributed by atoms with Gasteiger partial charge in [0.1, 0.15) is 0 Å². The molecule has 0 aliphatic heterocycles. The number of hydrogen-bond donors (Lipinski definition) is 2. The Bertz CT molecular complexity index is 412. The number of carbonyl (C=O) groups is 1. The second-order valence-corrected chi connectivity index (χ2v) is 5.99. The second kappa shape index (κ2) is 7.44. The predicted octanol–water partition coefficient (Wildman–Crippen LogP) is 3.16. The molecule has 1 saturated carbocycles. The lowest BCUT2D eigenvalue weighted by Gasteiger charge is -2.25. The Morgan fingerprint density at radius 2 is 1.90 bits per heavy atom. The van der Waals surface area contributed by atoms with Crippen LogP contribution in [0.1, 0.15) is 57.1 Å². The topological polar surface area (TPSA) is 55.1 Å². The maximum absolute atomic E-state index is 12.2. The van der Waals surface area contributed by atoms with Crippen molar-refractivity contribution in [2.75, 3.05) is 0 Å². The molecule has 1 unspecified atom stereocenters. The maximum atomic E-state index is 12.2. The number of nitrogens with one attached hydrogen (secondary N) is 1. The lowest BCUT2D eigenvalue weighted by Crippen LogP contribution is -2.42. The van der Waals surface area contributed by atoms with Crippen LogP contribution in [0.2, 0.25) is 0 Å². The van der Waals surface area contributed by atoms with E-state index >= 15 is 0 Å². The zero-order valence-corrected chi connectivity index (χ0v) is 12.3. The van der Waals surface area contributed by atoms with Crippen molar-refractivity contribution in [3.05, 3.63) is 35.9 Å². The van der Waals surface area contributed by atoms with Crippen LogP contribution in [0, 0.1) is 5.92 Å². The van der Waals surface area contributed by atoms with E-state index in [1.54, 1.807) is 0 Å². The lowest BCUT2D eigenvalue weighted by atomic mass is 9.85. The zero-order valence-electron chi connectivity index (χ0n) is 12.3. The average molecular weight is 274 g/mol. The molecular formula is C17H26N2O. The predicted molar refractivity (Wildman–Crippen MR) is 82.2 cm³/mol. The molecule has 0 saturated heterocycles. The molecule has 0 radical (unpaired) electrons. The van der Waals surface area contributed by atoms with Gasteiger partial charge in [0.15, 0.2) is 0 Å². The molecule has 1 aliphatic carbocycles. The summed E-state index contributed by atoms with van der Waals surface area (Å²) < 4.78 is 0. The summed E-state index contributed by atoms with van der Waals surface area (Å²) in [5.74, 6) is 0.614. The van der Waals surface area contributed by atoms with Gasteiger partial charge in [-0.3, -0.25) is 4.79 Å². The molecule has 2 rings (SSSR count). The van der Waals surface area contributed by atoms with Gasteiger partial charge in [0.05, 0.1) is 12.1 Å². The maximum Gasteiger partial charge on any atom is 0.237 e. The van der Waals surface area contributed by atoms with Crippen molar-refractivity contribution in [2.24, 2.45) is 11.7 Å². The summed E-state index contributed by atoms with van der Waals surface area (Å²) >= 11 is 0. The normalized spacial score (nSPS) is 19.3. The molecule has 110 valence electrons. The fraction of sp³-hybridized carbons (Fsp3) is 0.588. The molecule has 0 heterocycles. The highest BCUT2D eigenvalue weighted by atomic mass is 16.2. The third kappa shape index (κ3) is 4.34. The standard InChI is InChI=1S/C17H26N2O/c1-13(15-10-6-3-7-11-15)19-17(20)16(18)12-14-8-4-2-5-9-14/h3,6-7,10-11,13-14,16H,2,4-5,8-9,12,18H2,1H3,(H,19,20)/t13-,16?/m1/s1. The van der Waals surface area contributed by atoms with E-state index in [-0.39, 0.29) is 18.0 Å². The van der Waals surface area contributed by atoms with Crippen molar-refractivity contribution < 1.29 is 4.79 Å². The van der Waals surface area contributed by atoms with Crippen molar-refractivity contribution in [3.63, 3.8) is 0 Å². The van der Waals surface area contributed by atoms with Gasteiger partial charge in [-0.2, -0.15) is 0 Å². The van der Waals surface area contributed by atoms with E-state index in [0.29, 0.717) is 5.92 Å². The summed E-state index contributed by atoms with van der Waals surface area (Å²) in [6.45, 7) is 2.00. The molecule has 0 spiro atoms. The molecule has 1 fully saturated rings. The van der Waals surface area contributed by atoms with Crippen LogP contribution in [-0.4, -0.2) is 11.9 Å². The van der Waals surface area contributed by atoms with Crippen LogP contribution in [0.4, 0.5) is 0 Å². The number of carbonyl (C=O) groups excluding carboxylic acids is 1. The average Bonchev–Trinajstić information content (AvgIpc) is 2.49. The van der Waals surface area contributed by atoms with Crippen LogP contribution in [0.25, 0.3) is 0 Å². The van der Waals surface area contributed by atoms with Crippen molar-refractivity contribution >= 4 is 5.91 Å². The fourth-order valence-electron chi connectivity index (χ4n) is 3.03. The highest BCUT2D eigenvalue weighted by Crippen LogP contribution is 2.27. The molecule has 3 heteroatoms. The van der Waals surface area contributed by atoms with Crippen LogP contribution >= 0.6 is 0 Å². The van der Waals surface area contributed by atoms with Crippen molar-refractivity contribution in [2.45, 2.75) is 57.5 Å². The third-order valence-electron chi connectivity index (χ3n) is 4.31. The van der Waals surface area contributed by atoms with E-state index in [9.17, 15) is 4.79 Å². The molecular weight excluding hydrogens is 248 g/mol. The van der Waals surface area contributed by atoms with Gasteiger partial charge in [-0.05, 0) is 24.8 Å². The molecule has 1 aromatic rings. The largest absolute Gasteiger partial charge is 0.348 e. The summed E-state index contributed by atoms with van der Waals surface area (Å²) in [7, 11) is 0. The molecule has 0 bridgehead atoms. The summed E-state index contributed by atoms with van der Waals surface area (Å²) in [4.78, 5) is 12.2. The third-order valence-corrected chi connectivity index (χ3v) is 4.31. The molecule has 20 heavy (non-hydrogen) atoms.